The first kappa shape index (κ1) is 16.0. The molecule has 1 unspecified atom stereocenters. The van der Waals surface area contributed by atoms with Gasteiger partial charge in [0.25, 0.3) is 0 Å². The van der Waals surface area contributed by atoms with Crippen LogP contribution in [0.1, 0.15) is 30.3 Å². The first-order valence-electron chi connectivity index (χ1n) is 6.40. The Balaban J connectivity index is 2.41. The van der Waals surface area contributed by atoms with Gasteiger partial charge in [0, 0.05) is 14.9 Å². The Hall–Kier alpha value is -0.360. The molecule has 0 aliphatic carbocycles. The standard InChI is InChI=1S/C15H17Br2NOS/c1-9(2)19-12-7-5-4-6-10(12)14(18-3)13-8-11(16)15(17)20-13/h4-9,14,18H,1-3H3. The van der Waals surface area contributed by atoms with Gasteiger partial charge in [-0.05, 0) is 64.9 Å². The number of para-hydroxylation sites is 1. The molecule has 20 heavy (non-hydrogen) atoms. The van der Waals surface area contributed by atoms with Crippen LogP contribution in [0.15, 0.2) is 38.6 Å². The minimum absolute atomic E-state index is 0.123. The Kier molecular flexibility index (Phi) is 5.66. The molecular weight excluding hydrogens is 402 g/mol. The number of benzene rings is 1. The predicted molar refractivity (Wildman–Crippen MR) is 92.8 cm³/mol. The molecule has 2 nitrogen and oxygen atoms in total. The Bertz CT molecular complexity index is 564. The van der Waals surface area contributed by atoms with Crippen LogP contribution in [-0.2, 0) is 0 Å². The second-order valence-electron chi connectivity index (χ2n) is 4.70. The van der Waals surface area contributed by atoms with Gasteiger partial charge >= 0.3 is 0 Å². The largest absolute Gasteiger partial charge is 0.491 e. The lowest BCUT2D eigenvalue weighted by Crippen LogP contribution is -2.18. The highest BCUT2D eigenvalue weighted by atomic mass is 79.9. The average Bonchev–Trinajstić information content (AvgIpc) is 2.72. The average molecular weight is 419 g/mol. The summed E-state index contributed by atoms with van der Waals surface area (Å²) in [6, 6.07) is 10.5. The van der Waals surface area contributed by atoms with Gasteiger partial charge in [-0.1, -0.05) is 18.2 Å². The summed E-state index contributed by atoms with van der Waals surface area (Å²) in [6.45, 7) is 4.09. The van der Waals surface area contributed by atoms with E-state index in [1.54, 1.807) is 11.3 Å². The first-order chi connectivity index (χ1) is 9.52. The highest BCUT2D eigenvalue weighted by molar-refractivity contribution is 9.13. The predicted octanol–water partition coefficient (Wildman–Crippen LogP) is 5.37. The maximum atomic E-state index is 5.93. The highest BCUT2D eigenvalue weighted by Gasteiger charge is 2.20. The molecule has 2 rings (SSSR count). The monoisotopic (exact) mass is 417 g/mol. The lowest BCUT2D eigenvalue weighted by molar-refractivity contribution is 0.239. The van der Waals surface area contributed by atoms with Gasteiger partial charge in [0.2, 0.25) is 0 Å². The van der Waals surface area contributed by atoms with Crippen molar-refractivity contribution in [3.8, 4) is 5.75 Å². The van der Waals surface area contributed by atoms with E-state index < -0.39 is 0 Å². The minimum Gasteiger partial charge on any atom is -0.491 e. The molecule has 1 atom stereocenters. The number of ether oxygens (including phenoxy) is 1. The van der Waals surface area contributed by atoms with E-state index >= 15 is 0 Å². The van der Waals surface area contributed by atoms with Gasteiger partial charge in [0.15, 0.2) is 0 Å². The van der Waals surface area contributed by atoms with E-state index in [-0.39, 0.29) is 12.1 Å². The van der Waals surface area contributed by atoms with E-state index in [4.69, 9.17) is 4.74 Å². The van der Waals surface area contributed by atoms with Crippen molar-refractivity contribution in [2.75, 3.05) is 7.05 Å². The fraction of sp³-hybridized carbons (Fsp3) is 0.333. The molecule has 0 aliphatic rings. The molecule has 5 heteroatoms. The van der Waals surface area contributed by atoms with Crippen LogP contribution in [0.5, 0.6) is 5.75 Å². The maximum Gasteiger partial charge on any atom is 0.124 e. The number of hydrogen-bond acceptors (Lipinski definition) is 3. The summed E-state index contributed by atoms with van der Waals surface area (Å²) in [6.07, 6.45) is 0.162. The molecule has 1 aromatic carbocycles. The quantitative estimate of drug-likeness (QED) is 0.704. The van der Waals surface area contributed by atoms with Crippen molar-refractivity contribution < 1.29 is 4.74 Å². The normalized spacial score (nSPS) is 12.7. The third-order valence-corrected chi connectivity index (χ3v) is 6.15. The summed E-state index contributed by atoms with van der Waals surface area (Å²) in [5, 5.41) is 3.38. The van der Waals surface area contributed by atoms with Crippen molar-refractivity contribution in [3.05, 3.63) is 49.0 Å². The Labute approximate surface area is 140 Å². The lowest BCUT2D eigenvalue weighted by Gasteiger charge is -2.20. The molecule has 1 heterocycles. The van der Waals surface area contributed by atoms with Gasteiger partial charge in [-0.15, -0.1) is 11.3 Å². The zero-order valence-electron chi connectivity index (χ0n) is 11.6. The van der Waals surface area contributed by atoms with Crippen LogP contribution in [0.3, 0.4) is 0 Å². The van der Waals surface area contributed by atoms with Gasteiger partial charge in [-0.3, -0.25) is 0 Å². The molecule has 0 saturated heterocycles. The molecule has 108 valence electrons. The molecule has 0 bridgehead atoms. The number of hydrogen-bond donors (Lipinski definition) is 1. The van der Waals surface area contributed by atoms with Crippen molar-refractivity contribution in [2.45, 2.75) is 26.0 Å². The van der Waals surface area contributed by atoms with Gasteiger partial charge in [0.05, 0.1) is 15.9 Å². The lowest BCUT2D eigenvalue weighted by atomic mass is 10.0. The summed E-state index contributed by atoms with van der Waals surface area (Å²) in [4.78, 5) is 1.24. The van der Waals surface area contributed by atoms with Crippen LogP contribution in [0.25, 0.3) is 0 Å². The smallest absolute Gasteiger partial charge is 0.124 e. The summed E-state index contributed by atoms with van der Waals surface area (Å²) in [7, 11) is 1.97. The third kappa shape index (κ3) is 3.64. The van der Waals surface area contributed by atoms with Gasteiger partial charge in [-0.2, -0.15) is 0 Å². The van der Waals surface area contributed by atoms with Gasteiger partial charge in [0.1, 0.15) is 5.75 Å². The van der Waals surface area contributed by atoms with E-state index in [0.717, 1.165) is 19.6 Å². The molecular formula is C15H17Br2NOS. The van der Waals surface area contributed by atoms with E-state index in [2.05, 4.69) is 49.3 Å². The molecule has 0 spiro atoms. The van der Waals surface area contributed by atoms with E-state index in [9.17, 15) is 0 Å². The summed E-state index contributed by atoms with van der Waals surface area (Å²) in [5.74, 6) is 0.933. The maximum absolute atomic E-state index is 5.93. The second-order valence-corrected chi connectivity index (χ2v) is 7.95. The van der Waals surface area contributed by atoms with Gasteiger partial charge in [-0.25, -0.2) is 0 Å². The van der Waals surface area contributed by atoms with Crippen molar-refractivity contribution in [1.29, 1.82) is 0 Å². The van der Waals surface area contributed by atoms with Crippen LogP contribution < -0.4 is 10.1 Å². The first-order valence-corrected chi connectivity index (χ1v) is 8.80. The van der Waals surface area contributed by atoms with Crippen LogP contribution in [0.4, 0.5) is 0 Å². The van der Waals surface area contributed by atoms with Crippen molar-refractivity contribution >= 4 is 43.2 Å². The molecule has 2 aromatic rings. The van der Waals surface area contributed by atoms with E-state index in [0.29, 0.717) is 0 Å². The molecule has 0 amide bonds. The van der Waals surface area contributed by atoms with Crippen molar-refractivity contribution in [3.63, 3.8) is 0 Å². The van der Waals surface area contributed by atoms with Crippen LogP contribution >= 0.6 is 43.2 Å². The highest BCUT2D eigenvalue weighted by Crippen LogP contribution is 2.39. The third-order valence-electron chi connectivity index (χ3n) is 2.83. The fourth-order valence-electron chi connectivity index (χ4n) is 2.04. The zero-order chi connectivity index (χ0) is 14.7. The molecule has 0 saturated carbocycles. The number of halogens is 2. The number of rotatable bonds is 5. The van der Waals surface area contributed by atoms with Crippen LogP contribution in [0, 0.1) is 0 Å². The van der Waals surface area contributed by atoms with E-state index in [1.807, 2.05) is 39.1 Å². The number of nitrogens with one attached hydrogen (secondary N) is 1. The zero-order valence-corrected chi connectivity index (χ0v) is 15.6. The topological polar surface area (TPSA) is 21.3 Å². The molecule has 0 radical (unpaired) electrons. The Morgan fingerprint density at radius 3 is 2.45 bits per heavy atom. The van der Waals surface area contributed by atoms with Crippen LogP contribution in [-0.4, -0.2) is 13.2 Å². The Morgan fingerprint density at radius 1 is 1.20 bits per heavy atom. The Morgan fingerprint density at radius 2 is 1.90 bits per heavy atom. The number of thiophene rings is 1. The van der Waals surface area contributed by atoms with Gasteiger partial charge < -0.3 is 10.1 Å². The summed E-state index contributed by atoms with van der Waals surface area (Å²) in [5.41, 5.74) is 1.16. The molecule has 1 N–H and O–H groups in total. The van der Waals surface area contributed by atoms with Crippen molar-refractivity contribution in [2.24, 2.45) is 0 Å². The second kappa shape index (κ2) is 7.07. The minimum atomic E-state index is 0.123. The van der Waals surface area contributed by atoms with E-state index in [1.165, 1.54) is 4.88 Å². The molecule has 1 aromatic heterocycles. The SMILES string of the molecule is CNC(c1cc(Br)c(Br)s1)c1ccccc1OC(C)C. The summed E-state index contributed by atoms with van der Waals surface area (Å²) >= 11 is 8.83. The summed E-state index contributed by atoms with van der Waals surface area (Å²) < 4.78 is 8.12. The molecule has 0 fully saturated rings. The van der Waals surface area contributed by atoms with Crippen LogP contribution in [0.2, 0.25) is 0 Å². The molecule has 0 aliphatic heterocycles. The van der Waals surface area contributed by atoms with Crippen molar-refractivity contribution in [1.82, 2.24) is 5.32 Å². The fourth-order valence-corrected chi connectivity index (χ4v) is 4.26.